The third-order valence-electron chi connectivity index (χ3n) is 3.49. The Kier molecular flexibility index (Phi) is 4.02. The number of β-amino-alcohol motifs (C(OH)–C–C–N with tert-alkyl or cyclic N) is 1. The second-order valence-corrected chi connectivity index (χ2v) is 5.02. The number of nitrogens with zero attached hydrogens (tertiary/aromatic N) is 1. The van der Waals surface area contributed by atoms with Gasteiger partial charge in [-0.1, -0.05) is 12.1 Å². The topological polar surface area (TPSA) is 23.5 Å². The van der Waals surface area contributed by atoms with Gasteiger partial charge in [-0.25, -0.2) is 8.78 Å². The minimum absolute atomic E-state index is 0.0746. The SMILES string of the molecule is OC1(c2cccc(F)c2F)CCN(CCC(F)(F)F)C1. The van der Waals surface area contributed by atoms with E-state index in [9.17, 15) is 27.1 Å². The first kappa shape index (κ1) is 15.2. The molecule has 1 N–H and O–H groups in total. The molecule has 2 rings (SSSR count). The number of benzene rings is 1. The number of rotatable bonds is 3. The molecule has 0 bridgehead atoms. The van der Waals surface area contributed by atoms with Crippen molar-refractivity contribution < 1.29 is 27.1 Å². The molecule has 1 aliphatic heterocycles. The standard InChI is InChI=1S/C13H14F5NO/c14-10-3-1-2-9(11(10)15)12(20)4-6-19(8-12)7-5-13(16,17)18/h1-3,20H,4-8H2. The second kappa shape index (κ2) is 5.29. The van der Waals surface area contributed by atoms with Crippen LogP contribution in [0.25, 0.3) is 0 Å². The molecule has 0 radical (unpaired) electrons. The molecule has 1 heterocycles. The number of likely N-dealkylation sites (tertiary alicyclic amines) is 1. The van der Waals surface area contributed by atoms with Crippen LogP contribution in [0, 0.1) is 11.6 Å². The maximum Gasteiger partial charge on any atom is 0.390 e. The lowest BCUT2D eigenvalue weighted by Crippen LogP contribution is -2.33. The summed E-state index contributed by atoms with van der Waals surface area (Å²) in [7, 11) is 0. The summed E-state index contributed by atoms with van der Waals surface area (Å²) < 4.78 is 63.3. The van der Waals surface area contributed by atoms with Gasteiger partial charge in [0, 0.05) is 25.2 Å². The van der Waals surface area contributed by atoms with Gasteiger partial charge in [0.05, 0.1) is 6.42 Å². The highest BCUT2D eigenvalue weighted by atomic mass is 19.4. The van der Waals surface area contributed by atoms with Crippen LogP contribution in [0.5, 0.6) is 0 Å². The fourth-order valence-corrected chi connectivity index (χ4v) is 2.43. The van der Waals surface area contributed by atoms with Crippen molar-refractivity contribution in [3.05, 3.63) is 35.4 Å². The average Bonchev–Trinajstić information content (AvgIpc) is 2.72. The van der Waals surface area contributed by atoms with E-state index < -0.39 is 29.8 Å². The Labute approximate surface area is 112 Å². The minimum atomic E-state index is -4.27. The molecule has 1 fully saturated rings. The molecular formula is C13H14F5NO. The lowest BCUT2D eigenvalue weighted by atomic mass is 9.92. The van der Waals surface area contributed by atoms with E-state index in [0.717, 1.165) is 6.07 Å². The molecule has 20 heavy (non-hydrogen) atoms. The van der Waals surface area contributed by atoms with Crippen LogP contribution >= 0.6 is 0 Å². The van der Waals surface area contributed by atoms with Crippen molar-refractivity contribution in [3.8, 4) is 0 Å². The van der Waals surface area contributed by atoms with E-state index >= 15 is 0 Å². The van der Waals surface area contributed by atoms with E-state index in [1.807, 2.05) is 0 Å². The number of halogens is 5. The quantitative estimate of drug-likeness (QED) is 0.867. The van der Waals surface area contributed by atoms with E-state index in [2.05, 4.69) is 0 Å². The molecule has 1 aromatic rings. The largest absolute Gasteiger partial charge is 0.390 e. The minimum Gasteiger partial charge on any atom is -0.384 e. The molecular weight excluding hydrogens is 281 g/mol. The zero-order valence-corrected chi connectivity index (χ0v) is 10.6. The van der Waals surface area contributed by atoms with Crippen molar-refractivity contribution in [1.82, 2.24) is 4.90 Å². The average molecular weight is 295 g/mol. The molecule has 1 atom stereocenters. The van der Waals surface area contributed by atoms with Gasteiger partial charge < -0.3 is 5.11 Å². The summed E-state index contributed by atoms with van der Waals surface area (Å²) in [6.07, 6.45) is -5.19. The highest BCUT2D eigenvalue weighted by molar-refractivity contribution is 5.27. The fraction of sp³-hybridized carbons (Fsp3) is 0.538. The fourth-order valence-electron chi connectivity index (χ4n) is 2.43. The van der Waals surface area contributed by atoms with Gasteiger partial charge in [-0.2, -0.15) is 13.2 Å². The van der Waals surface area contributed by atoms with E-state index in [1.165, 1.54) is 17.0 Å². The summed E-state index contributed by atoms with van der Waals surface area (Å²) in [6, 6.07) is 3.45. The second-order valence-electron chi connectivity index (χ2n) is 5.02. The Balaban J connectivity index is 2.08. The van der Waals surface area contributed by atoms with Gasteiger partial charge in [0.15, 0.2) is 11.6 Å². The molecule has 7 heteroatoms. The van der Waals surface area contributed by atoms with Crippen molar-refractivity contribution in [2.45, 2.75) is 24.6 Å². The van der Waals surface area contributed by atoms with Crippen molar-refractivity contribution in [2.24, 2.45) is 0 Å². The summed E-state index contributed by atoms with van der Waals surface area (Å²) in [6.45, 7) is -0.186. The summed E-state index contributed by atoms with van der Waals surface area (Å²) in [5.41, 5.74) is -1.84. The molecule has 0 saturated carbocycles. The van der Waals surface area contributed by atoms with Gasteiger partial charge in [0.2, 0.25) is 0 Å². The van der Waals surface area contributed by atoms with Crippen LogP contribution < -0.4 is 0 Å². The summed E-state index contributed by atoms with van der Waals surface area (Å²) in [5, 5.41) is 10.3. The van der Waals surface area contributed by atoms with Crippen molar-refractivity contribution in [1.29, 1.82) is 0 Å². The first-order chi connectivity index (χ1) is 9.21. The molecule has 2 nitrogen and oxygen atoms in total. The zero-order chi connectivity index (χ0) is 15.0. The van der Waals surface area contributed by atoms with Crippen LogP contribution in [0.3, 0.4) is 0 Å². The van der Waals surface area contributed by atoms with Gasteiger partial charge in [-0.05, 0) is 12.5 Å². The van der Waals surface area contributed by atoms with Crippen LogP contribution in [-0.2, 0) is 5.60 Å². The maximum atomic E-state index is 13.7. The predicted molar refractivity (Wildman–Crippen MR) is 62.0 cm³/mol. The van der Waals surface area contributed by atoms with E-state index in [1.54, 1.807) is 0 Å². The van der Waals surface area contributed by atoms with Gasteiger partial charge in [0.25, 0.3) is 0 Å². The van der Waals surface area contributed by atoms with E-state index in [4.69, 9.17) is 0 Å². The number of hydrogen-bond donors (Lipinski definition) is 1. The van der Waals surface area contributed by atoms with E-state index in [0.29, 0.717) is 0 Å². The molecule has 1 saturated heterocycles. The lowest BCUT2D eigenvalue weighted by Gasteiger charge is -2.24. The molecule has 1 unspecified atom stereocenters. The summed E-state index contributed by atoms with van der Waals surface area (Å²) >= 11 is 0. The molecule has 112 valence electrons. The van der Waals surface area contributed by atoms with Crippen molar-refractivity contribution in [2.75, 3.05) is 19.6 Å². The molecule has 1 aromatic carbocycles. The normalized spacial score (nSPS) is 24.3. The lowest BCUT2D eigenvalue weighted by molar-refractivity contribution is -0.137. The van der Waals surface area contributed by atoms with E-state index in [-0.39, 0.29) is 31.6 Å². The Morgan fingerprint density at radius 1 is 1.25 bits per heavy atom. The highest BCUT2D eigenvalue weighted by Gasteiger charge is 2.41. The Hall–Kier alpha value is -1.21. The predicted octanol–water partition coefficient (Wildman–Crippen LogP) is 2.81. The van der Waals surface area contributed by atoms with Crippen LogP contribution in [0.2, 0.25) is 0 Å². The Morgan fingerprint density at radius 2 is 1.95 bits per heavy atom. The summed E-state index contributed by atoms with van der Waals surface area (Å²) in [5.74, 6) is -2.22. The highest BCUT2D eigenvalue weighted by Crippen LogP contribution is 2.34. The van der Waals surface area contributed by atoms with Gasteiger partial charge in [-0.3, -0.25) is 4.90 Å². The first-order valence-electron chi connectivity index (χ1n) is 6.17. The molecule has 0 amide bonds. The summed E-state index contributed by atoms with van der Waals surface area (Å²) in [4.78, 5) is 1.40. The molecule has 0 aromatic heterocycles. The molecule has 0 aliphatic carbocycles. The van der Waals surface area contributed by atoms with Gasteiger partial charge >= 0.3 is 6.18 Å². The first-order valence-corrected chi connectivity index (χ1v) is 6.17. The van der Waals surface area contributed by atoms with Crippen LogP contribution in [-0.4, -0.2) is 35.8 Å². The van der Waals surface area contributed by atoms with Crippen LogP contribution in [0.1, 0.15) is 18.4 Å². The van der Waals surface area contributed by atoms with Crippen molar-refractivity contribution >= 4 is 0 Å². The van der Waals surface area contributed by atoms with Gasteiger partial charge in [-0.15, -0.1) is 0 Å². The number of alkyl halides is 3. The van der Waals surface area contributed by atoms with Crippen molar-refractivity contribution in [3.63, 3.8) is 0 Å². The Morgan fingerprint density at radius 3 is 2.60 bits per heavy atom. The monoisotopic (exact) mass is 295 g/mol. The molecule has 0 spiro atoms. The number of hydrogen-bond acceptors (Lipinski definition) is 2. The third-order valence-corrected chi connectivity index (χ3v) is 3.49. The maximum absolute atomic E-state index is 13.7. The van der Waals surface area contributed by atoms with Crippen LogP contribution in [0.15, 0.2) is 18.2 Å². The smallest absolute Gasteiger partial charge is 0.384 e. The zero-order valence-electron chi connectivity index (χ0n) is 10.6. The Bertz CT molecular complexity index is 490. The molecule has 1 aliphatic rings. The number of aliphatic hydroxyl groups is 1. The van der Waals surface area contributed by atoms with Gasteiger partial charge in [0.1, 0.15) is 5.60 Å². The van der Waals surface area contributed by atoms with Crippen LogP contribution in [0.4, 0.5) is 22.0 Å². The third kappa shape index (κ3) is 3.27.